The number of aryl methyl sites for hydroxylation is 1. The van der Waals surface area contributed by atoms with E-state index in [9.17, 15) is 0 Å². The molecule has 0 spiro atoms. The van der Waals surface area contributed by atoms with Crippen molar-refractivity contribution in [2.45, 2.75) is 25.8 Å². The van der Waals surface area contributed by atoms with Crippen LogP contribution in [0.3, 0.4) is 0 Å². The number of pyridine rings is 1. The molecule has 0 amide bonds. The third kappa shape index (κ3) is 3.31. The predicted molar refractivity (Wildman–Crippen MR) is 87.6 cm³/mol. The van der Waals surface area contributed by atoms with E-state index >= 15 is 0 Å². The van der Waals surface area contributed by atoms with E-state index in [-0.39, 0.29) is 6.04 Å². The summed E-state index contributed by atoms with van der Waals surface area (Å²) < 4.78 is 3.10. The molecule has 0 fully saturated rings. The first-order valence-electron chi connectivity index (χ1n) is 7.31. The molecular weight excluding hydrogens is 280 g/mol. The smallest absolute Gasteiger partial charge is 0.0809 e. The summed E-state index contributed by atoms with van der Waals surface area (Å²) in [6.45, 7) is 3.19. The Morgan fingerprint density at radius 3 is 3.05 bits per heavy atom. The Balaban J connectivity index is 1.86. The molecule has 4 nitrogen and oxygen atoms in total. The molecule has 0 saturated carbocycles. The SMILES string of the molecule is CCCNC(Cc1ccn(C)n1)c1cnc2ccsc2c1. The minimum Gasteiger partial charge on any atom is -0.310 e. The van der Waals surface area contributed by atoms with Crippen molar-refractivity contribution >= 4 is 21.6 Å². The highest BCUT2D eigenvalue weighted by atomic mass is 32.1. The van der Waals surface area contributed by atoms with Gasteiger partial charge in [-0.3, -0.25) is 9.67 Å². The Morgan fingerprint density at radius 2 is 2.29 bits per heavy atom. The van der Waals surface area contributed by atoms with Crippen molar-refractivity contribution in [3.8, 4) is 0 Å². The van der Waals surface area contributed by atoms with Crippen molar-refractivity contribution in [2.75, 3.05) is 6.54 Å². The molecule has 5 heteroatoms. The lowest BCUT2D eigenvalue weighted by Crippen LogP contribution is -2.24. The molecule has 0 aliphatic heterocycles. The third-order valence-corrected chi connectivity index (χ3v) is 4.40. The topological polar surface area (TPSA) is 42.7 Å². The van der Waals surface area contributed by atoms with Crippen molar-refractivity contribution in [1.29, 1.82) is 0 Å². The minimum absolute atomic E-state index is 0.263. The van der Waals surface area contributed by atoms with Gasteiger partial charge in [0.25, 0.3) is 0 Å². The fourth-order valence-electron chi connectivity index (χ4n) is 2.46. The highest BCUT2D eigenvalue weighted by Gasteiger charge is 2.14. The molecule has 0 aliphatic rings. The van der Waals surface area contributed by atoms with Crippen LogP contribution >= 0.6 is 11.3 Å². The van der Waals surface area contributed by atoms with Gasteiger partial charge in [-0.05, 0) is 42.1 Å². The molecular formula is C16H20N4S. The summed E-state index contributed by atoms with van der Waals surface area (Å²) in [5, 5.41) is 10.2. The Morgan fingerprint density at radius 1 is 1.38 bits per heavy atom. The van der Waals surface area contributed by atoms with E-state index in [0.29, 0.717) is 0 Å². The highest BCUT2D eigenvalue weighted by Crippen LogP contribution is 2.24. The van der Waals surface area contributed by atoms with Crippen molar-refractivity contribution < 1.29 is 0 Å². The van der Waals surface area contributed by atoms with Crippen LogP contribution in [0.25, 0.3) is 10.2 Å². The maximum atomic E-state index is 4.56. The maximum Gasteiger partial charge on any atom is 0.0809 e. The van der Waals surface area contributed by atoms with E-state index in [0.717, 1.165) is 30.6 Å². The standard InChI is InChI=1S/C16H20N4S/c1-3-6-17-15(10-13-4-7-20(2)19-13)12-9-16-14(18-11-12)5-8-21-16/h4-5,7-9,11,15,17H,3,6,10H2,1-2H3. The molecule has 3 aromatic rings. The van der Waals surface area contributed by atoms with E-state index in [1.54, 1.807) is 11.3 Å². The second kappa shape index (κ2) is 6.37. The second-order valence-electron chi connectivity index (χ2n) is 5.26. The number of fused-ring (bicyclic) bond motifs is 1. The molecule has 0 bridgehead atoms. The average Bonchev–Trinajstić information content (AvgIpc) is 3.11. The molecule has 3 aromatic heterocycles. The summed E-state index contributed by atoms with van der Waals surface area (Å²) in [5.74, 6) is 0. The first-order valence-corrected chi connectivity index (χ1v) is 8.19. The van der Waals surface area contributed by atoms with E-state index < -0.39 is 0 Å². The summed E-state index contributed by atoms with van der Waals surface area (Å²) >= 11 is 1.74. The molecule has 110 valence electrons. The normalized spacial score (nSPS) is 12.9. The van der Waals surface area contributed by atoms with Crippen LogP contribution < -0.4 is 5.32 Å². The van der Waals surface area contributed by atoms with Crippen molar-refractivity contribution in [3.05, 3.63) is 47.2 Å². The lowest BCUT2D eigenvalue weighted by atomic mass is 10.0. The fourth-order valence-corrected chi connectivity index (χ4v) is 3.25. The van der Waals surface area contributed by atoms with E-state index in [4.69, 9.17) is 0 Å². The average molecular weight is 300 g/mol. The number of hydrogen-bond donors (Lipinski definition) is 1. The highest BCUT2D eigenvalue weighted by molar-refractivity contribution is 7.17. The van der Waals surface area contributed by atoms with Crippen LogP contribution in [0.2, 0.25) is 0 Å². The van der Waals surface area contributed by atoms with E-state index in [2.05, 4.69) is 45.9 Å². The zero-order valence-corrected chi connectivity index (χ0v) is 13.2. The summed E-state index contributed by atoms with van der Waals surface area (Å²) in [7, 11) is 1.96. The van der Waals surface area contributed by atoms with Crippen molar-refractivity contribution in [1.82, 2.24) is 20.1 Å². The number of rotatable bonds is 6. The third-order valence-electron chi connectivity index (χ3n) is 3.55. The van der Waals surface area contributed by atoms with Crippen LogP contribution in [0, 0.1) is 0 Å². The summed E-state index contributed by atoms with van der Waals surface area (Å²) in [6.07, 6.45) is 5.99. The van der Waals surface area contributed by atoms with Gasteiger partial charge in [0.15, 0.2) is 0 Å². The van der Waals surface area contributed by atoms with Crippen LogP contribution in [-0.4, -0.2) is 21.3 Å². The van der Waals surface area contributed by atoms with Gasteiger partial charge >= 0.3 is 0 Å². The maximum absolute atomic E-state index is 4.56. The molecule has 1 unspecified atom stereocenters. The zero-order valence-electron chi connectivity index (χ0n) is 12.4. The Kier molecular flexibility index (Phi) is 4.31. The molecule has 1 atom stereocenters. The summed E-state index contributed by atoms with van der Waals surface area (Å²) in [4.78, 5) is 4.56. The number of aromatic nitrogens is 3. The number of nitrogens with one attached hydrogen (secondary N) is 1. The minimum atomic E-state index is 0.263. The first-order chi connectivity index (χ1) is 10.3. The van der Waals surface area contributed by atoms with Gasteiger partial charge in [0.05, 0.1) is 15.9 Å². The Hall–Kier alpha value is -1.72. The van der Waals surface area contributed by atoms with E-state index in [1.165, 1.54) is 10.3 Å². The molecule has 0 radical (unpaired) electrons. The predicted octanol–water partition coefficient (Wildman–Crippen LogP) is 3.31. The van der Waals surface area contributed by atoms with E-state index in [1.807, 2.05) is 24.1 Å². The molecule has 3 heterocycles. The summed E-state index contributed by atoms with van der Waals surface area (Å²) in [5.41, 5.74) is 3.43. The van der Waals surface area contributed by atoms with Crippen LogP contribution in [0.5, 0.6) is 0 Å². The number of thiophene rings is 1. The van der Waals surface area contributed by atoms with Gasteiger partial charge in [0.2, 0.25) is 0 Å². The molecule has 1 N–H and O–H groups in total. The largest absolute Gasteiger partial charge is 0.310 e. The quantitative estimate of drug-likeness (QED) is 0.759. The Bertz CT molecular complexity index is 716. The van der Waals surface area contributed by atoms with Crippen LogP contribution in [0.4, 0.5) is 0 Å². The van der Waals surface area contributed by atoms with Crippen molar-refractivity contribution in [3.63, 3.8) is 0 Å². The molecule has 3 rings (SSSR count). The number of nitrogens with zero attached hydrogens (tertiary/aromatic N) is 3. The number of hydrogen-bond acceptors (Lipinski definition) is 4. The van der Waals surface area contributed by atoms with Gasteiger partial charge in [0.1, 0.15) is 0 Å². The zero-order chi connectivity index (χ0) is 14.7. The van der Waals surface area contributed by atoms with Gasteiger partial charge in [-0.2, -0.15) is 5.10 Å². The lowest BCUT2D eigenvalue weighted by molar-refractivity contribution is 0.520. The molecule has 0 aliphatic carbocycles. The summed E-state index contributed by atoms with van der Waals surface area (Å²) in [6, 6.07) is 6.66. The van der Waals surface area contributed by atoms with Crippen LogP contribution in [-0.2, 0) is 13.5 Å². The monoisotopic (exact) mass is 300 g/mol. The van der Waals surface area contributed by atoms with Crippen molar-refractivity contribution in [2.24, 2.45) is 7.05 Å². The Labute approximate surface area is 128 Å². The lowest BCUT2D eigenvalue weighted by Gasteiger charge is -2.17. The van der Waals surface area contributed by atoms with Gasteiger partial charge in [-0.15, -0.1) is 11.3 Å². The van der Waals surface area contributed by atoms with Crippen LogP contribution in [0.1, 0.15) is 30.6 Å². The van der Waals surface area contributed by atoms with Gasteiger partial charge in [-0.25, -0.2) is 0 Å². The fraction of sp³-hybridized carbons (Fsp3) is 0.375. The van der Waals surface area contributed by atoms with Crippen LogP contribution in [0.15, 0.2) is 36.0 Å². The van der Waals surface area contributed by atoms with Gasteiger partial charge < -0.3 is 5.32 Å². The molecule has 0 aromatic carbocycles. The molecule has 0 saturated heterocycles. The first kappa shape index (κ1) is 14.2. The van der Waals surface area contributed by atoms with Gasteiger partial charge in [-0.1, -0.05) is 6.92 Å². The molecule has 21 heavy (non-hydrogen) atoms. The second-order valence-corrected chi connectivity index (χ2v) is 6.21. The van der Waals surface area contributed by atoms with Gasteiger partial charge in [0, 0.05) is 31.9 Å².